The Bertz CT molecular complexity index is 1070. The number of nitrogens with one attached hydrogen (secondary N) is 2. The lowest BCUT2D eigenvalue weighted by molar-refractivity contribution is 0.324. The molecular weight excluding hydrogens is 450 g/mol. The van der Waals surface area contributed by atoms with Crippen LogP contribution in [0.4, 0.5) is 5.82 Å². The van der Waals surface area contributed by atoms with Gasteiger partial charge in [-0.1, -0.05) is 12.1 Å². The molecule has 0 aliphatic heterocycles. The second-order valence-electron chi connectivity index (χ2n) is 5.62. The van der Waals surface area contributed by atoms with Crippen LogP contribution in [0.2, 0.25) is 0 Å². The van der Waals surface area contributed by atoms with E-state index in [1.165, 1.54) is 27.4 Å². The molecule has 0 bridgehead atoms. The maximum Gasteiger partial charge on any atom is 0.264 e. The van der Waals surface area contributed by atoms with Crippen LogP contribution >= 0.6 is 15.9 Å². The first kappa shape index (κ1) is 20.0. The van der Waals surface area contributed by atoms with Crippen LogP contribution in [0.15, 0.2) is 51.8 Å². The van der Waals surface area contributed by atoms with E-state index in [4.69, 9.17) is 14.2 Å². The number of nitrogens with zero attached hydrogens (tertiary/aromatic N) is 1. The fourth-order valence-electron chi connectivity index (χ4n) is 2.61. The lowest BCUT2D eigenvalue weighted by Crippen LogP contribution is -2.13. The third-order valence-electron chi connectivity index (χ3n) is 3.92. The summed E-state index contributed by atoms with van der Waals surface area (Å²) in [4.78, 5) is 0.118. The molecule has 0 saturated carbocycles. The van der Waals surface area contributed by atoms with Gasteiger partial charge in [0, 0.05) is 16.1 Å². The van der Waals surface area contributed by atoms with Gasteiger partial charge in [-0.25, -0.2) is 8.42 Å². The summed E-state index contributed by atoms with van der Waals surface area (Å²) in [6, 6.07) is 11.6. The molecule has 1 aromatic heterocycles. The zero-order valence-electron chi connectivity index (χ0n) is 15.3. The SMILES string of the molecule is COc1cc(-c2cc(NS(=O)(=O)c3ccccc3Br)n[nH]2)cc(OC)c1OC. The summed E-state index contributed by atoms with van der Waals surface area (Å²) in [6.45, 7) is 0. The average molecular weight is 468 g/mol. The molecule has 10 heteroatoms. The molecule has 8 nitrogen and oxygen atoms in total. The number of H-pyrrole nitrogens is 1. The number of aromatic nitrogens is 2. The number of hydrogen-bond acceptors (Lipinski definition) is 6. The van der Waals surface area contributed by atoms with Gasteiger partial charge in [0.2, 0.25) is 5.75 Å². The maximum atomic E-state index is 12.6. The number of methoxy groups -OCH3 is 3. The van der Waals surface area contributed by atoms with Gasteiger partial charge in [-0.05, 0) is 40.2 Å². The summed E-state index contributed by atoms with van der Waals surface area (Å²) in [5, 5.41) is 6.85. The van der Waals surface area contributed by atoms with Gasteiger partial charge < -0.3 is 14.2 Å². The Kier molecular flexibility index (Phi) is 5.80. The third-order valence-corrected chi connectivity index (χ3v) is 6.29. The minimum atomic E-state index is -3.80. The molecule has 0 saturated heterocycles. The van der Waals surface area contributed by atoms with E-state index in [-0.39, 0.29) is 10.7 Å². The van der Waals surface area contributed by atoms with Crippen LogP contribution in [-0.4, -0.2) is 39.9 Å². The van der Waals surface area contributed by atoms with Crippen molar-refractivity contribution in [1.29, 1.82) is 0 Å². The van der Waals surface area contributed by atoms with Gasteiger partial charge in [0.1, 0.15) is 4.90 Å². The number of ether oxygens (including phenoxy) is 3. The number of halogens is 1. The number of benzene rings is 2. The Hall–Kier alpha value is -2.72. The molecule has 28 heavy (non-hydrogen) atoms. The second-order valence-corrected chi connectivity index (χ2v) is 8.12. The highest BCUT2D eigenvalue weighted by Crippen LogP contribution is 2.41. The van der Waals surface area contributed by atoms with E-state index in [0.717, 1.165) is 0 Å². The lowest BCUT2D eigenvalue weighted by Gasteiger charge is -2.13. The van der Waals surface area contributed by atoms with Gasteiger partial charge in [0.25, 0.3) is 10.0 Å². The quantitative estimate of drug-likeness (QED) is 0.549. The van der Waals surface area contributed by atoms with Crippen molar-refractivity contribution in [3.05, 3.63) is 46.9 Å². The van der Waals surface area contributed by atoms with Gasteiger partial charge in [-0.3, -0.25) is 9.82 Å². The van der Waals surface area contributed by atoms with Crippen molar-refractivity contribution in [3.63, 3.8) is 0 Å². The number of anilines is 1. The number of sulfonamides is 1. The standard InChI is InChI=1S/C18H18BrN3O5S/c1-25-14-8-11(9-15(26-2)18(14)27-3)13-10-17(21-20-13)22-28(23,24)16-7-5-4-6-12(16)19/h4-10H,1-3H3,(H2,20,21,22). The molecule has 3 aromatic rings. The smallest absolute Gasteiger partial charge is 0.264 e. The minimum absolute atomic E-state index is 0.118. The Balaban J connectivity index is 1.94. The molecule has 0 atom stereocenters. The first-order valence-corrected chi connectivity index (χ1v) is 10.3. The van der Waals surface area contributed by atoms with Crippen LogP contribution < -0.4 is 18.9 Å². The minimum Gasteiger partial charge on any atom is -0.493 e. The van der Waals surface area contributed by atoms with Crippen LogP contribution in [0.5, 0.6) is 17.2 Å². The Labute approximate surface area is 171 Å². The molecule has 0 spiro atoms. The van der Waals surface area contributed by atoms with Crippen molar-refractivity contribution in [2.75, 3.05) is 26.1 Å². The molecule has 2 N–H and O–H groups in total. The van der Waals surface area contributed by atoms with E-state index in [1.807, 2.05) is 0 Å². The molecule has 2 aromatic carbocycles. The maximum absolute atomic E-state index is 12.6. The van der Waals surface area contributed by atoms with Crippen molar-refractivity contribution in [1.82, 2.24) is 10.2 Å². The summed E-state index contributed by atoms with van der Waals surface area (Å²) >= 11 is 3.25. The van der Waals surface area contributed by atoms with Crippen LogP contribution in [0.25, 0.3) is 11.3 Å². The van der Waals surface area contributed by atoms with Crippen molar-refractivity contribution in [2.24, 2.45) is 0 Å². The normalized spacial score (nSPS) is 11.1. The van der Waals surface area contributed by atoms with Crippen LogP contribution in [0, 0.1) is 0 Å². The fraction of sp³-hybridized carbons (Fsp3) is 0.167. The monoisotopic (exact) mass is 467 g/mol. The lowest BCUT2D eigenvalue weighted by atomic mass is 10.1. The topological polar surface area (TPSA) is 103 Å². The van der Waals surface area contributed by atoms with Gasteiger partial charge in [0.05, 0.1) is 27.0 Å². The number of hydrogen-bond donors (Lipinski definition) is 2. The summed E-state index contributed by atoms with van der Waals surface area (Å²) in [6.07, 6.45) is 0. The van der Waals surface area contributed by atoms with E-state index in [9.17, 15) is 8.42 Å². The van der Waals surface area contributed by atoms with E-state index in [2.05, 4.69) is 30.8 Å². The van der Waals surface area contributed by atoms with Gasteiger partial charge in [-0.2, -0.15) is 5.10 Å². The van der Waals surface area contributed by atoms with Crippen molar-refractivity contribution >= 4 is 31.8 Å². The highest BCUT2D eigenvalue weighted by atomic mass is 79.9. The van der Waals surface area contributed by atoms with Crippen LogP contribution in [0.3, 0.4) is 0 Å². The molecule has 0 aliphatic rings. The average Bonchev–Trinajstić information content (AvgIpc) is 3.14. The summed E-state index contributed by atoms with van der Waals surface area (Å²) in [7, 11) is 0.759. The zero-order chi connectivity index (χ0) is 20.3. The van der Waals surface area contributed by atoms with E-state index < -0.39 is 10.0 Å². The highest BCUT2D eigenvalue weighted by Gasteiger charge is 2.20. The molecule has 0 unspecified atom stereocenters. The largest absolute Gasteiger partial charge is 0.493 e. The first-order valence-electron chi connectivity index (χ1n) is 8.02. The van der Waals surface area contributed by atoms with E-state index in [1.54, 1.807) is 36.4 Å². The van der Waals surface area contributed by atoms with Crippen molar-refractivity contribution in [2.45, 2.75) is 4.90 Å². The Morgan fingerprint density at radius 1 is 1.00 bits per heavy atom. The van der Waals surface area contributed by atoms with E-state index >= 15 is 0 Å². The molecular formula is C18H18BrN3O5S. The van der Waals surface area contributed by atoms with Gasteiger partial charge in [0.15, 0.2) is 17.3 Å². The molecule has 0 radical (unpaired) electrons. The second kappa shape index (κ2) is 8.11. The van der Waals surface area contributed by atoms with Gasteiger partial charge in [-0.15, -0.1) is 0 Å². The highest BCUT2D eigenvalue weighted by molar-refractivity contribution is 9.10. The molecule has 1 heterocycles. The summed E-state index contributed by atoms with van der Waals surface area (Å²) in [5.41, 5.74) is 1.26. The predicted molar refractivity (Wildman–Crippen MR) is 109 cm³/mol. The molecule has 3 rings (SSSR count). The molecule has 0 amide bonds. The van der Waals surface area contributed by atoms with E-state index in [0.29, 0.717) is 33.0 Å². The summed E-state index contributed by atoms with van der Waals surface area (Å²) < 4.78 is 44.1. The van der Waals surface area contributed by atoms with Crippen molar-refractivity contribution in [3.8, 4) is 28.5 Å². The summed E-state index contributed by atoms with van der Waals surface area (Å²) in [5.74, 6) is 1.56. The molecule has 148 valence electrons. The number of aromatic amines is 1. The Morgan fingerprint density at radius 3 is 2.21 bits per heavy atom. The molecule has 0 fully saturated rings. The Morgan fingerprint density at radius 2 is 1.64 bits per heavy atom. The number of rotatable bonds is 7. The zero-order valence-corrected chi connectivity index (χ0v) is 17.7. The first-order chi connectivity index (χ1) is 13.4. The van der Waals surface area contributed by atoms with Crippen LogP contribution in [-0.2, 0) is 10.0 Å². The fourth-order valence-corrected chi connectivity index (χ4v) is 4.61. The van der Waals surface area contributed by atoms with Crippen LogP contribution in [0.1, 0.15) is 0 Å². The van der Waals surface area contributed by atoms with Gasteiger partial charge >= 0.3 is 0 Å². The predicted octanol–water partition coefficient (Wildman–Crippen LogP) is 3.67. The third kappa shape index (κ3) is 3.92. The van der Waals surface area contributed by atoms with Crippen molar-refractivity contribution < 1.29 is 22.6 Å². The molecule has 0 aliphatic carbocycles.